The molecule has 0 aromatic rings. The number of methoxy groups -OCH3 is 1. The Labute approximate surface area is 105 Å². The molecule has 0 spiro atoms. The van der Waals surface area contributed by atoms with Gasteiger partial charge in [0.05, 0.1) is 24.9 Å². The van der Waals surface area contributed by atoms with Gasteiger partial charge in [0.15, 0.2) is 6.04 Å². The van der Waals surface area contributed by atoms with E-state index in [-0.39, 0.29) is 24.9 Å². The van der Waals surface area contributed by atoms with Gasteiger partial charge in [-0.05, 0) is 19.3 Å². The summed E-state index contributed by atoms with van der Waals surface area (Å²) in [6.45, 7) is -0.0596. The first kappa shape index (κ1) is 13.1. The zero-order valence-corrected chi connectivity index (χ0v) is 10.2. The maximum absolute atomic E-state index is 11.7. The lowest BCUT2D eigenvalue weighted by Gasteiger charge is -2.21. The van der Waals surface area contributed by atoms with Crippen molar-refractivity contribution in [3.8, 4) is 0 Å². The summed E-state index contributed by atoms with van der Waals surface area (Å²) in [5.41, 5.74) is 0. The molecule has 2 bridgehead atoms. The van der Waals surface area contributed by atoms with Crippen LogP contribution in [0, 0.1) is 0 Å². The lowest BCUT2D eigenvalue weighted by atomic mass is 9.96. The first-order valence-electron chi connectivity index (χ1n) is 6.04. The first-order chi connectivity index (χ1) is 8.60. The van der Waals surface area contributed by atoms with Crippen LogP contribution < -0.4 is 10.6 Å². The van der Waals surface area contributed by atoms with Gasteiger partial charge in [0.1, 0.15) is 0 Å². The third-order valence-electron chi connectivity index (χ3n) is 3.36. The predicted molar refractivity (Wildman–Crippen MR) is 61.3 cm³/mol. The van der Waals surface area contributed by atoms with E-state index in [4.69, 9.17) is 14.6 Å². The van der Waals surface area contributed by atoms with Crippen LogP contribution in [0.4, 0.5) is 4.79 Å². The summed E-state index contributed by atoms with van der Waals surface area (Å²) in [7, 11) is 1.39. The second-order valence-corrected chi connectivity index (χ2v) is 4.68. The molecule has 4 unspecified atom stereocenters. The molecule has 0 saturated carbocycles. The minimum absolute atomic E-state index is 0.0132. The number of amides is 2. The lowest BCUT2D eigenvalue weighted by molar-refractivity contribution is -0.140. The van der Waals surface area contributed by atoms with Gasteiger partial charge in [-0.15, -0.1) is 0 Å². The minimum atomic E-state index is -1.11. The molecular formula is C11H18N2O5. The van der Waals surface area contributed by atoms with Crippen molar-refractivity contribution < 1.29 is 24.2 Å². The molecule has 4 atom stereocenters. The number of carboxylic acid groups (broad SMARTS) is 1. The number of carbonyl (C=O) groups excluding carboxylic acids is 1. The highest BCUT2D eigenvalue weighted by atomic mass is 16.5. The van der Waals surface area contributed by atoms with Crippen LogP contribution in [0.25, 0.3) is 0 Å². The molecule has 2 amide bonds. The average molecular weight is 258 g/mol. The topological polar surface area (TPSA) is 96.9 Å². The average Bonchev–Trinajstić information content (AvgIpc) is 2.90. The Hall–Kier alpha value is -1.34. The summed E-state index contributed by atoms with van der Waals surface area (Å²) in [5, 5.41) is 14.0. The van der Waals surface area contributed by atoms with Crippen LogP contribution in [0.5, 0.6) is 0 Å². The third-order valence-corrected chi connectivity index (χ3v) is 3.36. The van der Waals surface area contributed by atoms with E-state index in [9.17, 15) is 9.59 Å². The molecule has 2 saturated heterocycles. The molecule has 2 rings (SSSR count). The molecule has 2 fully saturated rings. The number of carbonyl (C=O) groups is 2. The van der Waals surface area contributed by atoms with Crippen molar-refractivity contribution in [2.45, 2.75) is 43.6 Å². The number of hydrogen-bond acceptors (Lipinski definition) is 4. The van der Waals surface area contributed by atoms with Crippen molar-refractivity contribution in [3.05, 3.63) is 0 Å². The van der Waals surface area contributed by atoms with Gasteiger partial charge < -0.3 is 25.2 Å². The fourth-order valence-electron chi connectivity index (χ4n) is 2.50. The van der Waals surface area contributed by atoms with Gasteiger partial charge in [-0.1, -0.05) is 0 Å². The Morgan fingerprint density at radius 3 is 2.78 bits per heavy atom. The van der Waals surface area contributed by atoms with E-state index in [1.165, 1.54) is 7.11 Å². The van der Waals surface area contributed by atoms with Crippen molar-refractivity contribution in [1.29, 1.82) is 0 Å². The Morgan fingerprint density at radius 1 is 1.50 bits per heavy atom. The second kappa shape index (κ2) is 5.53. The normalized spacial score (nSPS) is 31.1. The van der Waals surface area contributed by atoms with E-state index < -0.39 is 18.0 Å². The maximum atomic E-state index is 11.7. The Kier molecular flexibility index (Phi) is 4.03. The van der Waals surface area contributed by atoms with E-state index in [1.807, 2.05) is 0 Å². The second-order valence-electron chi connectivity index (χ2n) is 4.68. The lowest BCUT2D eigenvalue weighted by Crippen LogP contribution is -2.52. The van der Waals surface area contributed by atoms with Crippen LogP contribution in [-0.4, -0.2) is 55.1 Å². The monoisotopic (exact) mass is 258 g/mol. The zero-order chi connectivity index (χ0) is 13.1. The van der Waals surface area contributed by atoms with Crippen molar-refractivity contribution in [1.82, 2.24) is 10.6 Å². The highest BCUT2D eigenvalue weighted by molar-refractivity contribution is 5.82. The number of fused-ring (bicyclic) bond motifs is 2. The summed E-state index contributed by atoms with van der Waals surface area (Å²) in [6, 6.07) is -1.53. The smallest absolute Gasteiger partial charge is 0.328 e. The van der Waals surface area contributed by atoms with Crippen molar-refractivity contribution in [2.24, 2.45) is 0 Å². The van der Waals surface area contributed by atoms with Gasteiger partial charge in [0.2, 0.25) is 0 Å². The van der Waals surface area contributed by atoms with Gasteiger partial charge >= 0.3 is 12.0 Å². The van der Waals surface area contributed by atoms with Crippen molar-refractivity contribution in [2.75, 3.05) is 13.7 Å². The number of nitrogens with one attached hydrogen (secondary N) is 2. The molecule has 0 radical (unpaired) electrons. The van der Waals surface area contributed by atoms with Gasteiger partial charge in [-0.3, -0.25) is 0 Å². The molecule has 0 aromatic heterocycles. The molecule has 102 valence electrons. The molecule has 0 aliphatic carbocycles. The number of rotatable bonds is 5. The Morgan fingerprint density at radius 2 is 2.28 bits per heavy atom. The Bertz CT molecular complexity index is 335. The van der Waals surface area contributed by atoms with Crippen LogP contribution in [0.3, 0.4) is 0 Å². The van der Waals surface area contributed by atoms with Crippen LogP contribution >= 0.6 is 0 Å². The summed E-state index contributed by atoms with van der Waals surface area (Å²) in [6.07, 6.45) is 3.13. The number of aliphatic carboxylic acids is 1. The summed E-state index contributed by atoms with van der Waals surface area (Å²) in [4.78, 5) is 22.5. The molecule has 2 aliphatic rings. The van der Waals surface area contributed by atoms with Crippen LogP contribution in [-0.2, 0) is 14.3 Å². The van der Waals surface area contributed by atoms with E-state index in [1.54, 1.807) is 0 Å². The molecule has 2 aliphatic heterocycles. The van der Waals surface area contributed by atoms with Crippen molar-refractivity contribution >= 4 is 12.0 Å². The largest absolute Gasteiger partial charge is 0.480 e. The van der Waals surface area contributed by atoms with Crippen molar-refractivity contribution in [3.63, 3.8) is 0 Å². The molecule has 18 heavy (non-hydrogen) atoms. The highest BCUT2D eigenvalue weighted by Crippen LogP contribution is 2.34. The predicted octanol–water partition coefficient (Wildman–Crippen LogP) is -0.295. The zero-order valence-electron chi connectivity index (χ0n) is 10.2. The number of hydrogen-bond donors (Lipinski definition) is 3. The van der Waals surface area contributed by atoms with E-state index in [0.29, 0.717) is 0 Å². The molecule has 3 N–H and O–H groups in total. The molecular weight excluding hydrogens is 240 g/mol. The quantitative estimate of drug-likeness (QED) is 0.629. The number of ether oxygens (including phenoxy) is 2. The number of carboxylic acids is 1. The van der Waals surface area contributed by atoms with Gasteiger partial charge in [-0.25, -0.2) is 9.59 Å². The third kappa shape index (κ3) is 2.91. The van der Waals surface area contributed by atoms with E-state index in [2.05, 4.69) is 10.6 Å². The van der Waals surface area contributed by atoms with E-state index >= 15 is 0 Å². The van der Waals surface area contributed by atoms with Crippen LogP contribution in [0.15, 0.2) is 0 Å². The van der Waals surface area contributed by atoms with Gasteiger partial charge in [0, 0.05) is 7.11 Å². The molecule has 2 heterocycles. The first-order valence-corrected chi connectivity index (χ1v) is 6.04. The minimum Gasteiger partial charge on any atom is -0.480 e. The Balaban J connectivity index is 1.79. The fraction of sp³-hybridized carbons (Fsp3) is 0.818. The van der Waals surface area contributed by atoms with Crippen LogP contribution in [0.2, 0.25) is 0 Å². The SMILES string of the molecule is COCC(NC(=O)NC1CC2CCC1O2)C(=O)O. The molecule has 7 heteroatoms. The van der Waals surface area contributed by atoms with E-state index in [0.717, 1.165) is 19.3 Å². The summed E-state index contributed by atoms with van der Waals surface area (Å²) in [5.74, 6) is -1.11. The maximum Gasteiger partial charge on any atom is 0.328 e. The number of urea groups is 1. The van der Waals surface area contributed by atoms with Gasteiger partial charge in [-0.2, -0.15) is 0 Å². The standard InChI is InChI=1S/C11H18N2O5/c1-17-5-8(10(14)15)13-11(16)12-7-4-6-2-3-9(7)18-6/h6-9H,2-5H2,1H3,(H,14,15)(H2,12,13,16). The summed E-state index contributed by atoms with van der Waals surface area (Å²) < 4.78 is 10.3. The molecule has 0 aromatic carbocycles. The highest BCUT2D eigenvalue weighted by Gasteiger charge is 2.41. The fourth-order valence-corrected chi connectivity index (χ4v) is 2.50. The summed E-state index contributed by atoms with van der Waals surface area (Å²) >= 11 is 0. The molecule has 7 nitrogen and oxygen atoms in total. The van der Waals surface area contributed by atoms with Gasteiger partial charge in [0.25, 0.3) is 0 Å². The van der Waals surface area contributed by atoms with Crippen LogP contribution in [0.1, 0.15) is 19.3 Å².